The Balaban J connectivity index is 2.20. The van der Waals surface area contributed by atoms with Crippen LogP contribution in [0.2, 0.25) is 0 Å². The van der Waals surface area contributed by atoms with Gasteiger partial charge in [0, 0.05) is 16.2 Å². The van der Waals surface area contributed by atoms with Gasteiger partial charge in [-0.25, -0.2) is 0 Å². The van der Waals surface area contributed by atoms with Gasteiger partial charge in [0.25, 0.3) is 0 Å². The third-order valence-corrected chi connectivity index (χ3v) is 3.18. The summed E-state index contributed by atoms with van der Waals surface area (Å²) < 4.78 is 6.50. The lowest BCUT2D eigenvalue weighted by molar-refractivity contribution is 0.103. The number of ether oxygens (including phenoxy) is 1. The Morgan fingerprint density at radius 1 is 1.24 bits per heavy atom. The largest absolute Gasteiger partial charge is 0.486 e. The summed E-state index contributed by atoms with van der Waals surface area (Å²) in [4.78, 5) is 16.5. The average Bonchev–Trinajstić information content (AvgIpc) is 2.48. The highest BCUT2D eigenvalue weighted by atomic mass is 79.9. The maximum atomic E-state index is 12.3. The molecule has 0 spiro atoms. The highest BCUT2D eigenvalue weighted by Gasteiger charge is 2.22. The lowest BCUT2D eigenvalue weighted by atomic mass is 10.0. The van der Waals surface area contributed by atoms with Crippen molar-refractivity contribution in [2.45, 2.75) is 6.61 Å². The van der Waals surface area contributed by atoms with Crippen LogP contribution in [0.3, 0.4) is 0 Å². The van der Waals surface area contributed by atoms with Gasteiger partial charge in [-0.15, -0.1) is 0 Å². The van der Waals surface area contributed by atoms with Crippen molar-refractivity contribution < 1.29 is 9.53 Å². The number of rotatable bonds is 0. The van der Waals surface area contributed by atoms with E-state index < -0.39 is 0 Å². The molecule has 1 aliphatic heterocycles. The van der Waals surface area contributed by atoms with E-state index in [1.165, 1.54) is 0 Å². The van der Waals surface area contributed by atoms with E-state index in [1.807, 2.05) is 6.07 Å². The smallest absolute Gasteiger partial charge is 0.198 e. The molecular formula is C13H8BrNO2. The van der Waals surface area contributed by atoms with Crippen molar-refractivity contribution in [3.63, 3.8) is 0 Å². The van der Waals surface area contributed by atoms with E-state index in [0.29, 0.717) is 29.2 Å². The number of pyridine rings is 1. The van der Waals surface area contributed by atoms with Gasteiger partial charge in [-0.05, 0) is 30.3 Å². The molecule has 0 aliphatic carbocycles. The predicted octanol–water partition coefficient (Wildman–Crippen LogP) is 2.97. The number of hydrogen-bond acceptors (Lipinski definition) is 3. The molecule has 3 nitrogen and oxygen atoms in total. The van der Waals surface area contributed by atoms with Crippen LogP contribution >= 0.6 is 15.9 Å². The predicted molar refractivity (Wildman–Crippen MR) is 66.1 cm³/mol. The van der Waals surface area contributed by atoms with Crippen LogP contribution in [0.15, 0.2) is 41.0 Å². The number of hydrogen-bond donors (Lipinski definition) is 0. The Bertz CT molecular complexity index is 610. The molecule has 4 heteroatoms. The number of carbonyl (C=O) groups excluding carboxylic acids is 1. The van der Waals surface area contributed by atoms with Crippen LogP contribution in [0.4, 0.5) is 0 Å². The van der Waals surface area contributed by atoms with Gasteiger partial charge >= 0.3 is 0 Å². The lowest BCUT2D eigenvalue weighted by Crippen LogP contribution is -2.04. The first kappa shape index (κ1) is 10.5. The normalized spacial score (nSPS) is 13.4. The van der Waals surface area contributed by atoms with Crippen LogP contribution in [0, 0.1) is 0 Å². The number of benzene rings is 1. The number of nitrogens with zero attached hydrogens (tertiary/aromatic N) is 1. The van der Waals surface area contributed by atoms with Gasteiger partial charge in [0.2, 0.25) is 0 Å². The van der Waals surface area contributed by atoms with E-state index in [9.17, 15) is 4.79 Å². The SMILES string of the molecule is O=C1c2ccc(Br)cc2OCc2ncccc21. The van der Waals surface area contributed by atoms with Gasteiger partial charge in [-0.2, -0.15) is 0 Å². The van der Waals surface area contributed by atoms with E-state index in [2.05, 4.69) is 20.9 Å². The Morgan fingerprint density at radius 3 is 3.00 bits per heavy atom. The number of halogens is 1. The molecule has 0 radical (unpaired) electrons. The second-order valence-electron chi connectivity index (χ2n) is 3.76. The van der Waals surface area contributed by atoms with Crippen molar-refractivity contribution in [2.75, 3.05) is 0 Å². The molecule has 0 fully saturated rings. The standard InChI is InChI=1S/C13H8BrNO2/c14-8-3-4-10-12(6-8)17-7-11-9(13(10)16)2-1-5-15-11/h1-6H,7H2. The van der Waals surface area contributed by atoms with Crippen molar-refractivity contribution in [2.24, 2.45) is 0 Å². The Morgan fingerprint density at radius 2 is 2.12 bits per heavy atom. The highest BCUT2D eigenvalue weighted by molar-refractivity contribution is 9.10. The quantitative estimate of drug-likeness (QED) is 0.748. The van der Waals surface area contributed by atoms with Gasteiger partial charge < -0.3 is 4.74 Å². The van der Waals surface area contributed by atoms with E-state index in [4.69, 9.17) is 4.74 Å². The van der Waals surface area contributed by atoms with Crippen LogP contribution in [-0.4, -0.2) is 10.8 Å². The zero-order chi connectivity index (χ0) is 11.8. The lowest BCUT2D eigenvalue weighted by Gasteiger charge is -2.05. The maximum Gasteiger partial charge on any atom is 0.198 e. The summed E-state index contributed by atoms with van der Waals surface area (Å²) in [6.45, 7) is 0.325. The molecule has 3 rings (SSSR count). The molecule has 1 aromatic heterocycles. The van der Waals surface area contributed by atoms with Gasteiger partial charge in [-0.3, -0.25) is 9.78 Å². The minimum absolute atomic E-state index is 0.0342. The van der Waals surface area contributed by atoms with Gasteiger partial charge in [0.1, 0.15) is 12.4 Å². The van der Waals surface area contributed by atoms with E-state index in [0.717, 1.165) is 4.47 Å². The van der Waals surface area contributed by atoms with Crippen molar-refractivity contribution in [3.8, 4) is 5.75 Å². The molecule has 0 N–H and O–H groups in total. The minimum atomic E-state index is -0.0342. The maximum absolute atomic E-state index is 12.3. The van der Waals surface area contributed by atoms with Crippen molar-refractivity contribution in [1.82, 2.24) is 4.98 Å². The molecule has 17 heavy (non-hydrogen) atoms. The number of ketones is 1. The van der Waals surface area contributed by atoms with E-state index in [1.54, 1.807) is 30.5 Å². The van der Waals surface area contributed by atoms with Crippen LogP contribution in [0.5, 0.6) is 5.75 Å². The topological polar surface area (TPSA) is 39.2 Å². The highest BCUT2D eigenvalue weighted by Crippen LogP contribution is 2.30. The summed E-state index contributed by atoms with van der Waals surface area (Å²) in [5, 5.41) is 0. The third-order valence-electron chi connectivity index (χ3n) is 2.69. The van der Waals surface area contributed by atoms with Crippen molar-refractivity contribution >= 4 is 21.7 Å². The first-order valence-corrected chi connectivity index (χ1v) is 5.96. The Kier molecular flexibility index (Phi) is 2.44. The fourth-order valence-corrected chi connectivity index (χ4v) is 2.19. The zero-order valence-corrected chi connectivity index (χ0v) is 10.4. The van der Waals surface area contributed by atoms with Crippen LogP contribution in [-0.2, 0) is 6.61 Å². The molecule has 0 bridgehead atoms. The average molecular weight is 290 g/mol. The van der Waals surface area contributed by atoms with Crippen LogP contribution in [0.1, 0.15) is 21.6 Å². The Hall–Kier alpha value is -1.68. The summed E-state index contributed by atoms with van der Waals surface area (Å²) in [5.41, 5.74) is 1.89. The second kappa shape index (κ2) is 3.96. The molecule has 1 aromatic carbocycles. The number of fused-ring (bicyclic) bond motifs is 2. The zero-order valence-electron chi connectivity index (χ0n) is 8.81. The first-order chi connectivity index (χ1) is 8.25. The monoisotopic (exact) mass is 289 g/mol. The molecule has 0 atom stereocenters. The summed E-state index contributed by atoms with van der Waals surface area (Å²) in [7, 11) is 0. The molecule has 0 amide bonds. The van der Waals surface area contributed by atoms with Gasteiger partial charge in [-0.1, -0.05) is 15.9 Å². The number of carbonyl (C=O) groups is 1. The molecule has 0 unspecified atom stereocenters. The second-order valence-corrected chi connectivity index (χ2v) is 4.67. The van der Waals surface area contributed by atoms with Crippen LogP contribution in [0.25, 0.3) is 0 Å². The van der Waals surface area contributed by atoms with Crippen LogP contribution < -0.4 is 4.74 Å². The molecule has 2 heterocycles. The van der Waals surface area contributed by atoms with Crippen molar-refractivity contribution in [1.29, 1.82) is 0 Å². The molecule has 84 valence electrons. The third kappa shape index (κ3) is 1.74. The van der Waals surface area contributed by atoms with Gasteiger partial charge in [0.05, 0.1) is 11.3 Å². The molecule has 2 aromatic rings. The summed E-state index contributed by atoms with van der Waals surface area (Å²) in [5.74, 6) is 0.565. The molecule has 0 saturated carbocycles. The first-order valence-electron chi connectivity index (χ1n) is 5.16. The van der Waals surface area contributed by atoms with E-state index >= 15 is 0 Å². The van der Waals surface area contributed by atoms with Crippen molar-refractivity contribution in [3.05, 3.63) is 57.8 Å². The minimum Gasteiger partial charge on any atom is -0.486 e. The summed E-state index contributed by atoms with van der Waals surface area (Å²) in [6.07, 6.45) is 1.67. The van der Waals surface area contributed by atoms with E-state index in [-0.39, 0.29) is 5.78 Å². The summed E-state index contributed by atoms with van der Waals surface area (Å²) in [6, 6.07) is 8.95. The van der Waals surface area contributed by atoms with Gasteiger partial charge in [0.15, 0.2) is 5.78 Å². The molecule has 1 aliphatic rings. The number of aromatic nitrogens is 1. The fourth-order valence-electron chi connectivity index (χ4n) is 1.85. The summed E-state index contributed by atoms with van der Waals surface area (Å²) >= 11 is 3.36. The molecular weight excluding hydrogens is 282 g/mol. The Labute approximate surface area is 107 Å². The fraction of sp³-hybridized carbons (Fsp3) is 0.0769. The molecule has 0 saturated heterocycles.